The number of benzene rings is 2. The highest BCUT2D eigenvalue weighted by Gasteiger charge is 2.18. The Morgan fingerprint density at radius 2 is 1.93 bits per heavy atom. The smallest absolute Gasteiger partial charge is 0.232 e. The summed E-state index contributed by atoms with van der Waals surface area (Å²) in [6.07, 6.45) is 1.69. The molecule has 0 bridgehead atoms. The molecule has 2 aromatic rings. The summed E-state index contributed by atoms with van der Waals surface area (Å²) in [5.41, 5.74) is 1.95. The van der Waals surface area contributed by atoms with Crippen LogP contribution >= 0.6 is 11.6 Å². The highest BCUT2D eigenvalue weighted by molar-refractivity contribution is 7.92. The van der Waals surface area contributed by atoms with E-state index in [0.29, 0.717) is 28.6 Å². The van der Waals surface area contributed by atoms with Crippen LogP contribution in [0.1, 0.15) is 18.4 Å². The third kappa shape index (κ3) is 5.87. The third-order valence-electron chi connectivity index (χ3n) is 4.05. The van der Waals surface area contributed by atoms with E-state index < -0.39 is 10.0 Å². The molecule has 0 aliphatic heterocycles. The zero-order chi connectivity index (χ0) is 20.0. The lowest BCUT2D eigenvalue weighted by Crippen LogP contribution is -2.31. The van der Waals surface area contributed by atoms with Crippen LogP contribution in [-0.4, -0.2) is 34.2 Å². The van der Waals surface area contributed by atoms with Gasteiger partial charge in [-0.3, -0.25) is 9.10 Å². The second-order valence-corrected chi connectivity index (χ2v) is 8.41. The number of hydrogen-bond acceptors (Lipinski definition) is 4. The molecule has 0 spiro atoms. The van der Waals surface area contributed by atoms with Crippen LogP contribution in [0.2, 0.25) is 5.02 Å². The molecular formula is C19H23ClN2O4S. The number of hydrogen-bond donors (Lipinski definition) is 1. The molecule has 2 aromatic carbocycles. The van der Waals surface area contributed by atoms with E-state index in [9.17, 15) is 13.2 Å². The van der Waals surface area contributed by atoms with Gasteiger partial charge >= 0.3 is 0 Å². The first-order valence-corrected chi connectivity index (χ1v) is 10.6. The molecule has 0 saturated heterocycles. The number of nitrogens with one attached hydrogen (secondary N) is 1. The van der Waals surface area contributed by atoms with Crippen molar-refractivity contribution in [3.05, 3.63) is 53.1 Å². The van der Waals surface area contributed by atoms with Crippen molar-refractivity contribution < 1.29 is 17.9 Å². The molecule has 1 amide bonds. The van der Waals surface area contributed by atoms with Crippen LogP contribution in [0.3, 0.4) is 0 Å². The molecule has 6 nitrogen and oxygen atoms in total. The maximum atomic E-state index is 12.2. The minimum atomic E-state index is -3.48. The quantitative estimate of drug-likeness (QED) is 0.717. The van der Waals surface area contributed by atoms with Gasteiger partial charge in [0, 0.05) is 29.7 Å². The van der Waals surface area contributed by atoms with Gasteiger partial charge in [0.05, 0.1) is 19.1 Å². The first-order chi connectivity index (χ1) is 12.7. The van der Waals surface area contributed by atoms with Crippen molar-refractivity contribution in [2.24, 2.45) is 0 Å². The van der Waals surface area contributed by atoms with Crippen LogP contribution in [0.5, 0.6) is 5.75 Å². The molecule has 27 heavy (non-hydrogen) atoms. The second-order valence-electron chi connectivity index (χ2n) is 6.10. The summed E-state index contributed by atoms with van der Waals surface area (Å²) in [4.78, 5) is 12.2. The molecule has 1 N–H and O–H groups in total. The van der Waals surface area contributed by atoms with Crippen molar-refractivity contribution in [1.29, 1.82) is 0 Å². The van der Waals surface area contributed by atoms with E-state index in [0.717, 1.165) is 11.8 Å². The molecule has 8 heteroatoms. The Balaban J connectivity index is 2.01. The zero-order valence-corrected chi connectivity index (χ0v) is 17.1. The van der Waals surface area contributed by atoms with Crippen molar-refractivity contribution in [1.82, 2.24) is 0 Å². The molecule has 0 aliphatic rings. The summed E-state index contributed by atoms with van der Waals surface area (Å²) >= 11 is 6.05. The van der Waals surface area contributed by atoms with Gasteiger partial charge in [-0.05, 0) is 43.2 Å². The maximum absolute atomic E-state index is 12.2. The molecule has 0 heterocycles. The molecular weight excluding hydrogens is 388 g/mol. The van der Waals surface area contributed by atoms with E-state index in [1.807, 2.05) is 6.92 Å². The lowest BCUT2D eigenvalue weighted by atomic mass is 10.2. The van der Waals surface area contributed by atoms with Crippen LogP contribution in [0, 0.1) is 6.92 Å². The molecule has 0 aromatic heterocycles. The first-order valence-electron chi connectivity index (χ1n) is 8.39. The van der Waals surface area contributed by atoms with Crippen LogP contribution < -0.4 is 14.4 Å². The molecule has 0 fully saturated rings. The van der Waals surface area contributed by atoms with Gasteiger partial charge in [0.2, 0.25) is 15.9 Å². The molecule has 0 radical (unpaired) electrons. The average Bonchev–Trinajstić information content (AvgIpc) is 2.61. The van der Waals surface area contributed by atoms with Gasteiger partial charge < -0.3 is 10.1 Å². The number of halogens is 1. The number of methoxy groups -OCH3 is 1. The van der Waals surface area contributed by atoms with Crippen molar-refractivity contribution in [2.45, 2.75) is 19.8 Å². The summed E-state index contributed by atoms with van der Waals surface area (Å²) in [7, 11) is -1.96. The van der Waals surface area contributed by atoms with Gasteiger partial charge in [-0.15, -0.1) is 0 Å². The average molecular weight is 411 g/mol. The second kappa shape index (κ2) is 9.10. The van der Waals surface area contributed by atoms with Gasteiger partial charge in [-0.1, -0.05) is 23.7 Å². The Morgan fingerprint density at radius 3 is 2.59 bits per heavy atom. The largest absolute Gasteiger partial charge is 0.497 e. The summed E-state index contributed by atoms with van der Waals surface area (Å²) in [6, 6.07) is 12.1. The Morgan fingerprint density at radius 1 is 1.22 bits per heavy atom. The first kappa shape index (κ1) is 21.1. The monoisotopic (exact) mass is 410 g/mol. The van der Waals surface area contributed by atoms with E-state index in [4.69, 9.17) is 16.3 Å². The number of sulfonamides is 1. The Labute approximate surface area is 165 Å². The normalized spacial score (nSPS) is 11.1. The van der Waals surface area contributed by atoms with Gasteiger partial charge in [-0.2, -0.15) is 0 Å². The topological polar surface area (TPSA) is 75.7 Å². The van der Waals surface area contributed by atoms with Gasteiger partial charge in [0.25, 0.3) is 0 Å². The molecule has 146 valence electrons. The van der Waals surface area contributed by atoms with Crippen molar-refractivity contribution >= 4 is 38.9 Å². The number of nitrogens with zero attached hydrogens (tertiary/aromatic N) is 1. The number of carbonyl (C=O) groups is 1. The summed E-state index contributed by atoms with van der Waals surface area (Å²) in [6.45, 7) is 2.01. The van der Waals surface area contributed by atoms with Crippen molar-refractivity contribution in [3.63, 3.8) is 0 Å². The molecule has 0 atom stereocenters. The fourth-order valence-corrected chi connectivity index (χ4v) is 3.72. The molecule has 2 rings (SSSR count). The predicted molar refractivity (Wildman–Crippen MR) is 109 cm³/mol. The van der Waals surface area contributed by atoms with E-state index in [2.05, 4.69) is 5.32 Å². The predicted octanol–water partition coefficient (Wildman–Crippen LogP) is 3.84. The minimum absolute atomic E-state index is 0.182. The van der Waals surface area contributed by atoms with Gasteiger partial charge in [-0.25, -0.2) is 8.42 Å². The Kier molecular flexibility index (Phi) is 7.10. The van der Waals surface area contributed by atoms with Crippen LogP contribution in [0.15, 0.2) is 42.5 Å². The fraction of sp³-hybridized carbons (Fsp3) is 0.316. The third-order valence-corrected chi connectivity index (χ3v) is 5.65. The van der Waals surface area contributed by atoms with E-state index in [1.54, 1.807) is 42.5 Å². The zero-order valence-electron chi connectivity index (χ0n) is 15.5. The Hall–Kier alpha value is -2.25. The van der Waals surface area contributed by atoms with Crippen LogP contribution in [0.4, 0.5) is 11.4 Å². The van der Waals surface area contributed by atoms with E-state index in [1.165, 1.54) is 11.4 Å². The molecule has 0 aliphatic carbocycles. The van der Waals surface area contributed by atoms with Gasteiger partial charge in [0.1, 0.15) is 5.75 Å². The van der Waals surface area contributed by atoms with E-state index >= 15 is 0 Å². The van der Waals surface area contributed by atoms with Crippen molar-refractivity contribution in [2.75, 3.05) is 29.5 Å². The number of carbonyl (C=O) groups excluding carboxylic acids is 1. The highest BCUT2D eigenvalue weighted by Crippen LogP contribution is 2.25. The lowest BCUT2D eigenvalue weighted by Gasteiger charge is -2.22. The minimum Gasteiger partial charge on any atom is -0.497 e. The summed E-state index contributed by atoms with van der Waals surface area (Å²) in [5.74, 6) is 0.370. The number of anilines is 2. The highest BCUT2D eigenvalue weighted by atomic mass is 35.5. The summed E-state index contributed by atoms with van der Waals surface area (Å²) in [5, 5.41) is 3.39. The number of ether oxygens (including phenoxy) is 1. The van der Waals surface area contributed by atoms with E-state index in [-0.39, 0.29) is 18.9 Å². The standard InChI is InChI=1S/C19H23ClN2O4S/c1-14-17(20)9-5-10-18(14)21-19(23)11-6-12-22(27(3,24)25)15-7-4-8-16(13-15)26-2/h4-5,7-10,13H,6,11-12H2,1-3H3,(H,21,23). The number of amides is 1. The molecule has 0 saturated carbocycles. The van der Waals surface area contributed by atoms with Gasteiger partial charge in [0.15, 0.2) is 0 Å². The molecule has 0 unspecified atom stereocenters. The number of rotatable bonds is 8. The summed E-state index contributed by atoms with van der Waals surface area (Å²) < 4.78 is 30.7. The van der Waals surface area contributed by atoms with Crippen LogP contribution in [-0.2, 0) is 14.8 Å². The SMILES string of the molecule is COc1cccc(N(CCCC(=O)Nc2cccc(Cl)c2C)S(C)(=O)=O)c1. The fourth-order valence-electron chi connectivity index (χ4n) is 2.59. The lowest BCUT2D eigenvalue weighted by molar-refractivity contribution is -0.116. The van der Waals surface area contributed by atoms with Crippen molar-refractivity contribution in [3.8, 4) is 5.75 Å². The van der Waals surface area contributed by atoms with Crippen LogP contribution in [0.25, 0.3) is 0 Å². The Bertz CT molecular complexity index is 916. The maximum Gasteiger partial charge on any atom is 0.232 e.